The quantitative estimate of drug-likeness (QED) is 0.939. The number of nitrogens with one attached hydrogen (secondary N) is 1. The molecule has 2 aromatic rings. The topological polar surface area (TPSA) is 63.1 Å². The average Bonchev–Trinajstić information content (AvgIpc) is 2.95. The first-order chi connectivity index (χ1) is 10.8. The Morgan fingerprint density at radius 2 is 2.27 bits per heavy atom. The van der Waals surface area contributed by atoms with Crippen LogP contribution < -0.4 is 5.32 Å². The maximum absolute atomic E-state index is 12.2. The lowest BCUT2D eigenvalue weighted by atomic mass is 10.2. The molecule has 0 atom stereocenters. The molecule has 0 unspecified atom stereocenters. The van der Waals surface area contributed by atoms with Crippen molar-refractivity contribution in [2.45, 2.75) is 13.0 Å². The molecule has 1 N–H and O–H groups in total. The number of thioether (sulfide) groups is 1. The van der Waals surface area contributed by atoms with Crippen molar-refractivity contribution in [1.29, 1.82) is 0 Å². The summed E-state index contributed by atoms with van der Waals surface area (Å²) in [4.78, 5) is 18.4. The van der Waals surface area contributed by atoms with Gasteiger partial charge in [-0.1, -0.05) is 0 Å². The molecule has 2 aromatic heterocycles. The normalized spacial score (nSPS) is 15.4. The number of hydrogen-bond donors (Lipinski definition) is 1. The third-order valence-corrected chi connectivity index (χ3v) is 4.55. The zero-order chi connectivity index (χ0) is 15.2. The Bertz CT molecular complexity index is 608. The first-order valence-electron chi connectivity index (χ1n) is 7.38. The number of urea groups is 1. The van der Waals surface area contributed by atoms with E-state index in [-0.39, 0.29) is 6.03 Å². The molecule has 0 saturated carbocycles. The fraction of sp³-hybridized carbons (Fsp3) is 0.400. The van der Waals surface area contributed by atoms with Gasteiger partial charge in [0.2, 0.25) is 0 Å². The largest absolute Gasteiger partial charge is 0.334 e. The van der Waals surface area contributed by atoms with Crippen molar-refractivity contribution in [2.75, 3.05) is 24.6 Å². The summed E-state index contributed by atoms with van der Waals surface area (Å²) in [6.07, 6.45) is 6.37. The van der Waals surface area contributed by atoms with Crippen LogP contribution in [-0.4, -0.2) is 50.3 Å². The Morgan fingerprint density at radius 1 is 1.32 bits per heavy atom. The number of carbonyl (C=O) groups excluding carboxylic acids is 1. The first-order valence-corrected chi connectivity index (χ1v) is 8.54. The van der Waals surface area contributed by atoms with Gasteiger partial charge >= 0.3 is 6.03 Å². The van der Waals surface area contributed by atoms with Gasteiger partial charge in [0, 0.05) is 44.0 Å². The summed E-state index contributed by atoms with van der Waals surface area (Å²) in [6.45, 7) is 2.17. The molecule has 6 nitrogen and oxygen atoms in total. The van der Waals surface area contributed by atoms with Crippen LogP contribution in [0.2, 0.25) is 0 Å². The maximum Gasteiger partial charge on any atom is 0.317 e. The highest BCUT2D eigenvalue weighted by molar-refractivity contribution is 7.99. The second kappa shape index (κ2) is 7.31. The van der Waals surface area contributed by atoms with Crippen molar-refractivity contribution in [3.8, 4) is 5.82 Å². The van der Waals surface area contributed by atoms with Gasteiger partial charge in [-0.2, -0.15) is 16.9 Å². The summed E-state index contributed by atoms with van der Waals surface area (Å²) in [5.41, 5.74) is 1.01. The van der Waals surface area contributed by atoms with Gasteiger partial charge in [-0.05, 0) is 35.9 Å². The van der Waals surface area contributed by atoms with E-state index >= 15 is 0 Å². The van der Waals surface area contributed by atoms with Crippen molar-refractivity contribution < 1.29 is 4.79 Å². The van der Waals surface area contributed by atoms with E-state index in [1.807, 2.05) is 41.1 Å². The highest BCUT2D eigenvalue weighted by Gasteiger charge is 2.15. The molecule has 0 bridgehead atoms. The monoisotopic (exact) mass is 317 g/mol. The van der Waals surface area contributed by atoms with Crippen LogP contribution in [0.3, 0.4) is 0 Å². The maximum atomic E-state index is 12.2. The number of hydrogen-bond acceptors (Lipinski definition) is 4. The highest BCUT2D eigenvalue weighted by Crippen LogP contribution is 2.10. The molecule has 1 fully saturated rings. The minimum absolute atomic E-state index is 0.0138. The van der Waals surface area contributed by atoms with E-state index < -0.39 is 0 Å². The third kappa shape index (κ3) is 3.79. The summed E-state index contributed by atoms with van der Waals surface area (Å²) < 4.78 is 1.71. The van der Waals surface area contributed by atoms with Crippen molar-refractivity contribution >= 4 is 17.8 Å². The van der Waals surface area contributed by atoms with Gasteiger partial charge in [-0.15, -0.1) is 0 Å². The zero-order valence-electron chi connectivity index (χ0n) is 12.3. The lowest BCUT2D eigenvalue weighted by molar-refractivity contribution is 0.201. The van der Waals surface area contributed by atoms with Crippen LogP contribution in [-0.2, 0) is 6.54 Å². The van der Waals surface area contributed by atoms with Gasteiger partial charge in [0.1, 0.15) is 0 Å². The number of carbonyl (C=O) groups is 1. The molecule has 3 rings (SSSR count). The number of amides is 2. The van der Waals surface area contributed by atoms with E-state index in [1.54, 1.807) is 17.1 Å². The van der Waals surface area contributed by atoms with Crippen LogP contribution in [0.15, 0.2) is 36.8 Å². The van der Waals surface area contributed by atoms with Crippen LogP contribution in [0.1, 0.15) is 12.0 Å². The van der Waals surface area contributed by atoms with Crippen LogP contribution in [0.25, 0.3) is 5.82 Å². The van der Waals surface area contributed by atoms with Crippen LogP contribution in [0, 0.1) is 0 Å². The number of pyridine rings is 1. The number of nitrogens with zero attached hydrogens (tertiary/aromatic N) is 4. The predicted octanol–water partition coefficient (Wildman–Crippen LogP) is 1.92. The van der Waals surface area contributed by atoms with E-state index in [9.17, 15) is 4.79 Å². The average molecular weight is 317 g/mol. The van der Waals surface area contributed by atoms with Gasteiger partial charge in [0.15, 0.2) is 5.82 Å². The van der Waals surface area contributed by atoms with E-state index in [1.165, 1.54) is 0 Å². The second-order valence-corrected chi connectivity index (χ2v) is 6.31. The highest BCUT2D eigenvalue weighted by atomic mass is 32.2. The second-order valence-electron chi connectivity index (χ2n) is 5.08. The summed E-state index contributed by atoms with van der Waals surface area (Å²) in [6, 6.07) is 5.71. The predicted molar refractivity (Wildman–Crippen MR) is 87.1 cm³/mol. The fourth-order valence-corrected chi connectivity index (χ4v) is 3.23. The Balaban J connectivity index is 1.59. The Kier molecular flexibility index (Phi) is 4.95. The standard InChI is InChI=1S/C15H19N5OS/c21-15(19-6-2-9-22-10-8-19)17-12-13-3-5-16-14(11-13)20-7-1-4-18-20/h1,3-5,7,11H,2,6,8-10,12H2,(H,17,21). The SMILES string of the molecule is O=C(NCc1ccnc(-n2cccn2)c1)N1CCCSCC1. The Hall–Kier alpha value is -2.02. The van der Waals surface area contributed by atoms with Gasteiger partial charge < -0.3 is 10.2 Å². The van der Waals surface area contributed by atoms with Gasteiger partial charge in [0.25, 0.3) is 0 Å². The molecule has 1 saturated heterocycles. The molecule has 0 spiro atoms. The van der Waals surface area contributed by atoms with Crippen molar-refractivity contribution in [1.82, 2.24) is 25.0 Å². The molecule has 7 heteroatoms. The third-order valence-electron chi connectivity index (χ3n) is 3.50. The molecule has 1 aliphatic rings. The molecule has 2 amide bonds. The van der Waals surface area contributed by atoms with E-state index in [4.69, 9.17) is 0 Å². The first kappa shape index (κ1) is 14.9. The lowest BCUT2D eigenvalue weighted by Crippen LogP contribution is -2.40. The van der Waals surface area contributed by atoms with E-state index in [2.05, 4.69) is 15.4 Å². The molecular formula is C15H19N5OS. The molecule has 22 heavy (non-hydrogen) atoms. The van der Waals surface area contributed by atoms with Gasteiger partial charge in [-0.25, -0.2) is 14.5 Å². The van der Waals surface area contributed by atoms with Crippen molar-refractivity contribution in [2.24, 2.45) is 0 Å². The molecule has 1 aliphatic heterocycles. The summed E-state index contributed by atoms with van der Waals surface area (Å²) in [5.74, 6) is 2.91. The van der Waals surface area contributed by atoms with Crippen LogP contribution in [0.5, 0.6) is 0 Å². The smallest absolute Gasteiger partial charge is 0.317 e. The Morgan fingerprint density at radius 3 is 3.14 bits per heavy atom. The molecule has 116 valence electrons. The van der Waals surface area contributed by atoms with E-state index in [0.717, 1.165) is 42.4 Å². The molecule has 3 heterocycles. The molecule has 0 aliphatic carbocycles. The molecular weight excluding hydrogens is 298 g/mol. The number of rotatable bonds is 3. The summed E-state index contributed by atoms with van der Waals surface area (Å²) in [7, 11) is 0. The van der Waals surface area contributed by atoms with Crippen LogP contribution in [0.4, 0.5) is 4.79 Å². The zero-order valence-corrected chi connectivity index (χ0v) is 13.1. The molecule has 0 aromatic carbocycles. The Labute approximate surface area is 133 Å². The summed E-state index contributed by atoms with van der Waals surface area (Å²) in [5, 5.41) is 7.15. The number of aromatic nitrogens is 3. The van der Waals surface area contributed by atoms with Crippen molar-refractivity contribution in [3.05, 3.63) is 42.4 Å². The minimum atomic E-state index is 0.0138. The lowest BCUT2D eigenvalue weighted by Gasteiger charge is -2.20. The molecule has 0 radical (unpaired) electrons. The van der Waals surface area contributed by atoms with Gasteiger partial charge in [-0.3, -0.25) is 0 Å². The minimum Gasteiger partial charge on any atom is -0.334 e. The van der Waals surface area contributed by atoms with Crippen molar-refractivity contribution in [3.63, 3.8) is 0 Å². The van der Waals surface area contributed by atoms with Crippen LogP contribution >= 0.6 is 11.8 Å². The summed E-state index contributed by atoms with van der Waals surface area (Å²) >= 11 is 1.91. The fourth-order valence-electron chi connectivity index (χ4n) is 2.34. The van der Waals surface area contributed by atoms with E-state index in [0.29, 0.717) is 6.54 Å². The van der Waals surface area contributed by atoms with Gasteiger partial charge in [0.05, 0.1) is 0 Å².